The zero-order valence-corrected chi connectivity index (χ0v) is 14.4. The summed E-state index contributed by atoms with van der Waals surface area (Å²) in [6.07, 6.45) is 1.73. The van der Waals surface area contributed by atoms with Gasteiger partial charge in [0.15, 0.2) is 5.17 Å². The molecule has 1 amide bonds. The Hall–Kier alpha value is -1.01. The Labute approximate surface area is 143 Å². The van der Waals surface area contributed by atoms with Crippen LogP contribution in [0.4, 0.5) is 0 Å². The molecular weight excluding hydrogens is 341 g/mol. The van der Waals surface area contributed by atoms with E-state index in [0.29, 0.717) is 20.5 Å². The predicted molar refractivity (Wildman–Crippen MR) is 93.5 cm³/mol. The Bertz CT molecular complexity index is 647. The van der Waals surface area contributed by atoms with E-state index in [1.165, 1.54) is 11.8 Å². The van der Waals surface area contributed by atoms with Crippen LogP contribution in [0.25, 0.3) is 6.08 Å². The van der Waals surface area contributed by atoms with Gasteiger partial charge in [0.2, 0.25) is 0 Å². The van der Waals surface area contributed by atoms with Crippen LogP contribution >= 0.6 is 35.0 Å². The molecule has 7 heteroatoms. The number of amidine groups is 1. The maximum atomic E-state index is 12.1. The van der Waals surface area contributed by atoms with E-state index in [0.717, 1.165) is 31.3 Å². The molecule has 1 saturated heterocycles. The van der Waals surface area contributed by atoms with Crippen LogP contribution in [0.15, 0.2) is 28.1 Å². The zero-order valence-electron chi connectivity index (χ0n) is 12.1. The molecule has 4 nitrogen and oxygen atoms in total. The third-order valence-electron chi connectivity index (χ3n) is 3.66. The average molecular weight is 356 g/mol. The molecule has 1 aromatic rings. The second-order valence-electron chi connectivity index (χ2n) is 5.24. The number of hydrogen-bond donors (Lipinski definition) is 0. The van der Waals surface area contributed by atoms with Gasteiger partial charge in [-0.3, -0.25) is 4.79 Å². The van der Waals surface area contributed by atoms with Gasteiger partial charge in [-0.15, -0.1) is 0 Å². The first-order valence-electron chi connectivity index (χ1n) is 6.94. The highest BCUT2D eigenvalue weighted by Gasteiger charge is 2.28. The molecule has 0 aromatic heterocycles. The molecule has 0 bridgehead atoms. The number of nitrogens with zero attached hydrogens (tertiary/aromatic N) is 3. The fraction of sp³-hybridized carbons (Fsp3) is 0.333. The first kappa shape index (κ1) is 15.9. The van der Waals surface area contributed by atoms with Gasteiger partial charge < -0.3 is 9.80 Å². The van der Waals surface area contributed by atoms with Crippen LogP contribution in [-0.2, 0) is 4.79 Å². The highest BCUT2D eigenvalue weighted by atomic mass is 35.5. The van der Waals surface area contributed by atoms with E-state index in [4.69, 9.17) is 23.2 Å². The Balaban J connectivity index is 1.79. The van der Waals surface area contributed by atoms with Crippen LogP contribution in [0, 0.1) is 0 Å². The van der Waals surface area contributed by atoms with Crippen LogP contribution in [0.5, 0.6) is 0 Å². The third-order valence-corrected chi connectivity index (χ3v) is 5.36. The van der Waals surface area contributed by atoms with Gasteiger partial charge in [-0.1, -0.05) is 29.3 Å². The lowest BCUT2D eigenvalue weighted by Crippen LogP contribution is -2.46. The summed E-state index contributed by atoms with van der Waals surface area (Å²) < 4.78 is 0. The number of aliphatic imine (C=N–C) groups is 1. The smallest absolute Gasteiger partial charge is 0.286 e. The number of rotatable bonds is 1. The van der Waals surface area contributed by atoms with Crippen LogP contribution in [0.2, 0.25) is 10.0 Å². The molecule has 0 spiro atoms. The lowest BCUT2D eigenvalue weighted by atomic mass is 10.2. The number of piperazine rings is 1. The molecule has 0 aliphatic carbocycles. The number of amides is 1. The van der Waals surface area contributed by atoms with Crippen LogP contribution in [0.3, 0.4) is 0 Å². The fourth-order valence-corrected chi connectivity index (χ4v) is 3.76. The summed E-state index contributed by atoms with van der Waals surface area (Å²) >= 11 is 13.7. The van der Waals surface area contributed by atoms with Gasteiger partial charge in [-0.25, -0.2) is 0 Å². The number of likely N-dealkylation sites (N-methyl/N-ethyl adjacent to an activating group) is 1. The minimum atomic E-state index is -0.227. The second kappa shape index (κ2) is 6.62. The Kier molecular flexibility index (Phi) is 4.78. The largest absolute Gasteiger partial charge is 0.348 e. The molecule has 116 valence electrons. The van der Waals surface area contributed by atoms with Crippen molar-refractivity contribution in [3.63, 3.8) is 0 Å². The fourth-order valence-electron chi connectivity index (χ4n) is 2.31. The molecule has 0 N–H and O–H groups in total. The Morgan fingerprint density at radius 2 is 1.82 bits per heavy atom. The van der Waals surface area contributed by atoms with Crippen LogP contribution in [-0.4, -0.2) is 54.1 Å². The summed E-state index contributed by atoms with van der Waals surface area (Å²) in [5, 5.41) is 1.83. The minimum absolute atomic E-state index is 0.227. The number of benzene rings is 1. The SMILES string of the molecule is CN1CCN(C2=NC(=O)/C(=C/c3c(Cl)cccc3Cl)S2)CC1. The van der Waals surface area contributed by atoms with Gasteiger partial charge in [0.25, 0.3) is 5.91 Å². The van der Waals surface area contributed by atoms with Crippen molar-refractivity contribution >= 4 is 52.1 Å². The van der Waals surface area contributed by atoms with E-state index in [-0.39, 0.29) is 5.91 Å². The maximum absolute atomic E-state index is 12.1. The molecule has 1 fully saturated rings. The number of thioether (sulfide) groups is 1. The molecule has 3 rings (SSSR count). The molecule has 0 saturated carbocycles. The van der Waals surface area contributed by atoms with Gasteiger partial charge in [-0.2, -0.15) is 4.99 Å². The lowest BCUT2D eigenvalue weighted by molar-refractivity contribution is -0.113. The highest BCUT2D eigenvalue weighted by Crippen LogP contribution is 2.34. The molecule has 0 atom stereocenters. The quantitative estimate of drug-likeness (QED) is 0.724. The standard InChI is InChI=1S/C15H15Cl2N3OS/c1-19-5-7-20(8-6-19)15-18-14(21)13(22-15)9-10-11(16)3-2-4-12(10)17/h2-4,9H,5-8H2,1H3/b13-9-. The van der Waals surface area contributed by atoms with Gasteiger partial charge in [0.1, 0.15) is 0 Å². The monoisotopic (exact) mass is 355 g/mol. The number of hydrogen-bond acceptors (Lipinski definition) is 4. The summed E-state index contributed by atoms with van der Waals surface area (Å²) in [5.41, 5.74) is 0.663. The van der Waals surface area contributed by atoms with E-state index in [2.05, 4.69) is 21.8 Å². The molecule has 2 aliphatic heterocycles. The van der Waals surface area contributed by atoms with Crippen molar-refractivity contribution in [3.8, 4) is 0 Å². The van der Waals surface area contributed by atoms with Crippen molar-refractivity contribution in [3.05, 3.63) is 38.7 Å². The zero-order chi connectivity index (χ0) is 15.7. The normalized spacial score (nSPS) is 21.6. The van der Waals surface area contributed by atoms with Crippen LogP contribution < -0.4 is 0 Å². The molecule has 1 aromatic carbocycles. The number of carbonyl (C=O) groups excluding carboxylic acids is 1. The molecule has 2 heterocycles. The highest BCUT2D eigenvalue weighted by molar-refractivity contribution is 8.18. The first-order valence-corrected chi connectivity index (χ1v) is 8.52. The van der Waals surface area contributed by atoms with E-state index in [1.807, 2.05) is 0 Å². The summed E-state index contributed by atoms with van der Waals surface area (Å²) in [7, 11) is 2.09. The summed E-state index contributed by atoms with van der Waals surface area (Å²) in [6.45, 7) is 3.72. The van der Waals surface area contributed by atoms with E-state index >= 15 is 0 Å². The van der Waals surface area contributed by atoms with Crippen LogP contribution in [0.1, 0.15) is 5.56 Å². The lowest BCUT2D eigenvalue weighted by Gasteiger charge is -2.32. The Morgan fingerprint density at radius 3 is 2.45 bits per heavy atom. The van der Waals surface area contributed by atoms with Crippen molar-refractivity contribution in [1.82, 2.24) is 9.80 Å². The molecule has 22 heavy (non-hydrogen) atoms. The van der Waals surface area contributed by atoms with Gasteiger partial charge >= 0.3 is 0 Å². The second-order valence-corrected chi connectivity index (χ2v) is 7.06. The molecule has 0 unspecified atom stereocenters. The first-order chi connectivity index (χ1) is 10.5. The minimum Gasteiger partial charge on any atom is -0.348 e. The van der Waals surface area contributed by atoms with E-state index < -0.39 is 0 Å². The molecular formula is C15H15Cl2N3OS. The van der Waals surface area contributed by atoms with E-state index in [9.17, 15) is 4.79 Å². The third kappa shape index (κ3) is 3.33. The topological polar surface area (TPSA) is 35.9 Å². The van der Waals surface area contributed by atoms with Gasteiger partial charge in [0, 0.05) is 41.8 Å². The van der Waals surface area contributed by atoms with Crippen molar-refractivity contribution in [2.45, 2.75) is 0 Å². The summed E-state index contributed by atoms with van der Waals surface area (Å²) in [6, 6.07) is 5.29. The Morgan fingerprint density at radius 1 is 1.18 bits per heavy atom. The van der Waals surface area contributed by atoms with Crippen molar-refractivity contribution in [1.29, 1.82) is 0 Å². The number of carbonyl (C=O) groups is 1. The average Bonchev–Trinajstić information content (AvgIpc) is 2.85. The summed E-state index contributed by atoms with van der Waals surface area (Å²) in [4.78, 5) is 21.3. The molecule has 2 aliphatic rings. The van der Waals surface area contributed by atoms with Crippen molar-refractivity contribution in [2.75, 3.05) is 33.2 Å². The van der Waals surface area contributed by atoms with Gasteiger partial charge in [0.05, 0.1) is 4.91 Å². The predicted octanol–water partition coefficient (Wildman–Crippen LogP) is 3.21. The van der Waals surface area contributed by atoms with Crippen molar-refractivity contribution in [2.24, 2.45) is 4.99 Å². The summed E-state index contributed by atoms with van der Waals surface area (Å²) in [5.74, 6) is -0.227. The maximum Gasteiger partial charge on any atom is 0.286 e. The van der Waals surface area contributed by atoms with Crippen molar-refractivity contribution < 1.29 is 4.79 Å². The number of halogens is 2. The van der Waals surface area contributed by atoms with E-state index in [1.54, 1.807) is 24.3 Å². The van der Waals surface area contributed by atoms with Gasteiger partial charge in [-0.05, 0) is 37.0 Å². The molecule has 0 radical (unpaired) electrons.